The molecule has 0 aromatic heterocycles. The highest BCUT2D eigenvalue weighted by Crippen LogP contribution is 1.99. The molecule has 0 rings (SSSR count). The molecule has 0 fully saturated rings. The molecule has 0 aromatic carbocycles. The first-order chi connectivity index (χ1) is 12.1. The van der Waals surface area contributed by atoms with E-state index in [1.807, 2.05) is 5.32 Å². The van der Waals surface area contributed by atoms with Crippen LogP contribution in [-0.4, -0.2) is 82.8 Å². The lowest BCUT2D eigenvalue weighted by Crippen LogP contribution is -2.57. The number of carboxylic acids is 1. The van der Waals surface area contributed by atoms with Crippen LogP contribution in [0.3, 0.4) is 0 Å². The maximum Gasteiger partial charge on any atom is 0.322 e. The Balaban J connectivity index is 4.99. The van der Waals surface area contributed by atoms with E-state index in [1.165, 1.54) is 0 Å². The number of aliphatic hydroxyl groups excluding tert-OH is 2. The van der Waals surface area contributed by atoms with Gasteiger partial charge in [0.2, 0.25) is 23.6 Å². The number of primary amides is 1. The molecule has 0 heterocycles. The summed E-state index contributed by atoms with van der Waals surface area (Å²) in [6.07, 6.45) is -0.508. The number of carboxylic acid groups (broad SMARTS) is 1. The van der Waals surface area contributed by atoms with Gasteiger partial charge in [-0.3, -0.25) is 24.0 Å². The highest BCUT2D eigenvalue weighted by Gasteiger charge is 2.27. The van der Waals surface area contributed by atoms with Crippen molar-refractivity contribution in [1.29, 1.82) is 0 Å². The number of hydrogen-bond acceptors (Lipinski definition) is 8. The predicted molar refractivity (Wildman–Crippen MR) is 85.1 cm³/mol. The molecule has 0 saturated heterocycles. The SMILES string of the molecule is NC(=O)CCC(NC(=O)C(CO)NC(=O)C(N)CO)C(=O)NCC(=O)O. The first kappa shape index (κ1) is 23.2. The normalized spacial score (nSPS) is 13.8. The summed E-state index contributed by atoms with van der Waals surface area (Å²) in [6.45, 7) is -2.24. The Hall–Kier alpha value is -2.77. The van der Waals surface area contributed by atoms with Crippen molar-refractivity contribution in [3.05, 3.63) is 0 Å². The van der Waals surface area contributed by atoms with Crippen molar-refractivity contribution in [1.82, 2.24) is 16.0 Å². The monoisotopic (exact) mass is 377 g/mol. The number of carbonyl (C=O) groups is 5. The fraction of sp³-hybridized carbons (Fsp3) is 0.615. The molecule has 3 unspecified atom stereocenters. The highest BCUT2D eigenvalue weighted by molar-refractivity contribution is 5.94. The lowest BCUT2D eigenvalue weighted by atomic mass is 10.1. The summed E-state index contributed by atoms with van der Waals surface area (Å²) in [4.78, 5) is 57.0. The van der Waals surface area contributed by atoms with Gasteiger partial charge < -0.3 is 42.7 Å². The number of carbonyl (C=O) groups excluding carboxylic acids is 4. The minimum absolute atomic E-state index is 0.227. The van der Waals surface area contributed by atoms with Crippen molar-refractivity contribution in [3.63, 3.8) is 0 Å². The molecule has 3 atom stereocenters. The quantitative estimate of drug-likeness (QED) is 0.162. The van der Waals surface area contributed by atoms with E-state index < -0.39 is 67.5 Å². The molecule has 0 spiro atoms. The second-order valence-corrected chi connectivity index (χ2v) is 5.21. The second kappa shape index (κ2) is 11.7. The largest absolute Gasteiger partial charge is 0.480 e. The number of hydrogen-bond donors (Lipinski definition) is 8. The molecule has 26 heavy (non-hydrogen) atoms. The van der Waals surface area contributed by atoms with Crippen molar-refractivity contribution < 1.29 is 39.3 Å². The van der Waals surface area contributed by atoms with E-state index >= 15 is 0 Å². The minimum atomic E-state index is -1.48. The van der Waals surface area contributed by atoms with E-state index in [9.17, 15) is 29.1 Å². The topological polar surface area (TPSA) is 234 Å². The molecule has 13 heteroatoms. The molecule has 10 N–H and O–H groups in total. The molecule has 4 amide bonds. The first-order valence-electron chi connectivity index (χ1n) is 7.48. The fourth-order valence-electron chi connectivity index (χ4n) is 1.67. The Kier molecular flexibility index (Phi) is 10.5. The third-order valence-electron chi connectivity index (χ3n) is 3.08. The van der Waals surface area contributed by atoms with Crippen LogP contribution in [0.15, 0.2) is 0 Å². The highest BCUT2D eigenvalue weighted by atomic mass is 16.4. The van der Waals surface area contributed by atoms with E-state index in [4.69, 9.17) is 21.7 Å². The van der Waals surface area contributed by atoms with E-state index in [-0.39, 0.29) is 12.8 Å². The average molecular weight is 377 g/mol. The molecular weight excluding hydrogens is 354 g/mol. The van der Waals surface area contributed by atoms with E-state index in [1.54, 1.807) is 0 Å². The third-order valence-corrected chi connectivity index (χ3v) is 3.08. The minimum Gasteiger partial charge on any atom is -0.480 e. The van der Waals surface area contributed by atoms with Gasteiger partial charge in [0.1, 0.15) is 24.7 Å². The maximum atomic E-state index is 12.1. The van der Waals surface area contributed by atoms with Crippen LogP contribution in [-0.2, 0) is 24.0 Å². The summed E-state index contributed by atoms with van der Waals surface area (Å²) >= 11 is 0. The average Bonchev–Trinajstić information content (AvgIpc) is 2.59. The van der Waals surface area contributed by atoms with Crippen LogP contribution >= 0.6 is 0 Å². The zero-order chi connectivity index (χ0) is 20.3. The zero-order valence-corrected chi connectivity index (χ0v) is 13.8. The van der Waals surface area contributed by atoms with Crippen LogP contribution in [0.2, 0.25) is 0 Å². The number of nitrogens with one attached hydrogen (secondary N) is 3. The smallest absolute Gasteiger partial charge is 0.322 e. The van der Waals surface area contributed by atoms with Gasteiger partial charge in [-0.15, -0.1) is 0 Å². The van der Waals surface area contributed by atoms with Gasteiger partial charge in [0.25, 0.3) is 0 Å². The molecule has 0 radical (unpaired) electrons. The molecule has 0 aliphatic rings. The van der Waals surface area contributed by atoms with Crippen LogP contribution in [0.1, 0.15) is 12.8 Å². The van der Waals surface area contributed by atoms with Gasteiger partial charge in [0.15, 0.2) is 0 Å². The molecule has 0 aliphatic carbocycles. The third kappa shape index (κ3) is 8.91. The van der Waals surface area contributed by atoms with Crippen molar-refractivity contribution in [3.8, 4) is 0 Å². The summed E-state index contributed by atoms with van der Waals surface area (Å²) in [5.74, 6) is -4.86. The van der Waals surface area contributed by atoms with Gasteiger partial charge in [-0.05, 0) is 6.42 Å². The van der Waals surface area contributed by atoms with E-state index in [0.29, 0.717) is 0 Å². The zero-order valence-electron chi connectivity index (χ0n) is 13.8. The fourth-order valence-corrected chi connectivity index (χ4v) is 1.67. The van der Waals surface area contributed by atoms with Gasteiger partial charge in [-0.1, -0.05) is 0 Å². The van der Waals surface area contributed by atoms with Crippen LogP contribution < -0.4 is 27.4 Å². The van der Waals surface area contributed by atoms with Gasteiger partial charge in [-0.2, -0.15) is 0 Å². The summed E-state index contributed by atoms with van der Waals surface area (Å²) in [7, 11) is 0. The Labute approximate surface area is 148 Å². The summed E-state index contributed by atoms with van der Waals surface area (Å²) in [5.41, 5.74) is 10.3. The van der Waals surface area contributed by atoms with Crippen molar-refractivity contribution in [2.45, 2.75) is 31.0 Å². The summed E-state index contributed by atoms with van der Waals surface area (Å²) in [6, 6.07) is -4.13. The summed E-state index contributed by atoms with van der Waals surface area (Å²) in [5, 5.41) is 32.8. The molecule has 0 aliphatic heterocycles. The standard InChI is InChI=1S/C13H23N5O8/c14-6(4-19)11(24)18-8(5-20)13(26)17-7(1-2-9(15)21)12(25)16-3-10(22)23/h6-8,19-20H,1-5,14H2,(H2,15,21)(H,16,25)(H,17,26)(H,18,24)(H,22,23). The second-order valence-electron chi connectivity index (χ2n) is 5.21. The first-order valence-corrected chi connectivity index (χ1v) is 7.48. The van der Waals surface area contributed by atoms with Gasteiger partial charge in [0, 0.05) is 6.42 Å². The lowest BCUT2D eigenvalue weighted by molar-refractivity contribution is -0.139. The Bertz CT molecular complexity index is 541. The van der Waals surface area contributed by atoms with Crippen molar-refractivity contribution in [2.24, 2.45) is 11.5 Å². The number of rotatable bonds is 12. The molecule has 148 valence electrons. The number of aliphatic hydroxyl groups is 2. The Morgan fingerprint density at radius 2 is 1.46 bits per heavy atom. The summed E-state index contributed by atoms with van der Waals surface area (Å²) < 4.78 is 0. The maximum absolute atomic E-state index is 12.1. The number of aliphatic carboxylic acids is 1. The van der Waals surface area contributed by atoms with E-state index in [0.717, 1.165) is 0 Å². The number of amides is 4. The van der Waals surface area contributed by atoms with Crippen molar-refractivity contribution in [2.75, 3.05) is 19.8 Å². The van der Waals surface area contributed by atoms with E-state index in [2.05, 4.69) is 10.6 Å². The molecular formula is C13H23N5O8. The van der Waals surface area contributed by atoms with Crippen LogP contribution in [0.5, 0.6) is 0 Å². The van der Waals surface area contributed by atoms with Crippen molar-refractivity contribution >= 4 is 29.6 Å². The predicted octanol–water partition coefficient (Wildman–Crippen LogP) is -5.27. The van der Waals surface area contributed by atoms with Crippen LogP contribution in [0, 0.1) is 0 Å². The Morgan fingerprint density at radius 1 is 0.885 bits per heavy atom. The van der Waals surface area contributed by atoms with Crippen LogP contribution in [0.25, 0.3) is 0 Å². The molecule has 0 saturated carbocycles. The molecule has 0 bridgehead atoms. The number of nitrogens with two attached hydrogens (primary N) is 2. The van der Waals surface area contributed by atoms with Gasteiger partial charge in [-0.25, -0.2) is 0 Å². The van der Waals surface area contributed by atoms with Gasteiger partial charge >= 0.3 is 5.97 Å². The molecule has 13 nitrogen and oxygen atoms in total. The molecule has 0 aromatic rings. The lowest BCUT2D eigenvalue weighted by Gasteiger charge is -2.22. The van der Waals surface area contributed by atoms with Crippen LogP contribution in [0.4, 0.5) is 0 Å². The Morgan fingerprint density at radius 3 is 1.92 bits per heavy atom. The van der Waals surface area contributed by atoms with Gasteiger partial charge in [0.05, 0.1) is 13.2 Å².